The minimum absolute atomic E-state index is 0.183. The van der Waals surface area contributed by atoms with Gasteiger partial charge in [-0.1, -0.05) is 18.2 Å². The zero-order chi connectivity index (χ0) is 19.2. The number of anilines is 2. The highest BCUT2D eigenvalue weighted by molar-refractivity contribution is 5.99. The fourth-order valence-corrected chi connectivity index (χ4v) is 2.39. The lowest BCUT2D eigenvalue weighted by Crippen LogP contribution is -2.36. The maximum Gasteiger partial charge on any atom is 0.265 e. The van der Waals surface area contributed by atoms with Crippen molar-refractivity contribution in [1.29, 1.82) is 0 Å². The molecule has 0 fully saturated rings. The summed E-state index contributed by atoms with van der Waals surface area (Å²) in [4.78, 5) is 35.4. The number of carbonyl (C=O) groups is 3. The van der Waals surface area contributed by atoms with Crippen molar-refractivity contribution in [3.05, 3.63) is 48.5 Å². The normalized spacial score (nSPS) is 15.0. The molecule has 8 heteroatoms. The van der Waals surface area contributed by atoms with Crippen LogP contribution in [-0.2, 0) is 14.4 Å². The van der Waals surface area contributed by atoms with Crippen molar-refractivity contribution >= 4 is 29.1 Å². The third-order valence-electron chi connectivity index (χ3n) is 3.75. The molecule has 0 saturated heterocycles. The van der Waals surface area contributed by atoms with Crippen molar-refractivity contribution in [2.45, 2.75) is 13.0 Å². The summed E-state index contributed by atoms with van der Waals surface area (Å²) in [5.74, 6) is 0.0430. The lowest BCUT2D eigenvalue weighted by atomic mass is 10.2. The minimum atomic E-state index is -0.564. The molecule has 8 nitrogen and oxygen atoms in total. The molecule has 0 unspecified atom stereocenters. The van der Waals surface area contributed by atoms with Crippen LogP contribution < -0.4 is 25.4 Å². The summed E-state index contributed by atoms with van der Waals surface area (Å²) >= 11 is 0. The number of amides is 3. The predicted octanol–water partition coefficient (Wildman–Crippen LogP) is 1.54. The van der Waals surface area contributed by atoms with Gasteiger partial charge in [-0.05, 0) is 37.3 Å². The summed E-state index contributed by atoms with van der Waals surface area (Å²) in [5.41, 5.74) is 0.961. The van der Waals surface area contributed by atoms with Gasteiger partial charge in [0.1, 0.15) is 11.5 Å². The van der Waals surface area contributed by atoms with Crippen molar-refractivity contribution in [2.75, 3.05) is 23.8 Å². The number of carbonyl (C=O) groups excluding carboxylic acids is 3. The number of hydrogen-bond donors (Lipinski definition) is 3. The minimum Gasteiger partial charge on any atom is -0.484 e. The zero-order valence-electron chi connectivity index (χ0n) is 14.7. The second-order valence-corrected chi connectivity index (χ2v) is 5.89. The highest BCUT2D eigenvalue weighted by Crippen LogP contribution is 2.32. The first-order valence-electron chi connectivity index (χ1n) is 8.37. The molecular formula is C19H19N3O5. The van der Waals surface area contributed by atoms with Crippen LogP contribution in [0.1, 0.15) is 6.92 Å². The van der Waals surface area contributed by atoms with Crippen molar-refractivity contribution < 1.29 is 23.9 Å². The average Bonchev–Trinajstić information content (AvgIpc) is 2.67. The van der Waals surface area contributed by atoms with E-state index < -0.39 is 17.9 Å². The molecule has 0 bridgehead atoms. The second-order valence-electron chi connectivity index (χ2n) is 5.89. The quantitative estimate of drug-likeness (QED) is 0.716. The van der Waals surface area contributed by atoms with Gasteiger partial charge in [-0.2, -0.15) is 0 Å². The number of para-hydroxylation sites is 1. The third kappa shape index (κ3) is 4.97. The van der Waals surface area contributed by atoms with Crippen LogP contribution in [0.15, 0.2) is 48.5 Å². The van der Waals surface area contributed by atoms with Crippen LogP contribution in [0.25, 0.3) is 0 Å². The molecule has 1 aliphatic heterocycles. The predicted molar refractivity (Wildman–Crippen MR) is 98.7 cm³/mol. The Morgan fingerprint density at radius 1 is 1.15 bits per heavy atom. The Labute approximate surface area is 155 Å². The fourth-order valence-electron chi connectivity index (χ4n) is 2.39. The van der Waals surface area contributed by atoms with E-state index >= 15 is 0 Å². The van der Waals surface area contributed by atoms with Crippen molar-refractivity contribution in [1.82, 2.24) is 5.32 Å². The number of rotatable bonds is 6. The summed E-state index contributed by atoms with van der Waals surface area (Å²) in [6.45, 7) is 1.27. The molecule has 2 aromatic carbocycles. The van der Waals surface area contributed by atoms with Gasteiger partial charge in [0.15, 0.2) is 12.7 Å². The molecule has 3 rings (SSSR count). The summed E-state index contributed by atoms with van der Waals surface area (Å²) in [5, 5.41) is 7.83. The topological polar surface area (TPSA) is 106 Å². The van der Waals surface area contributed by atoms with E-state index in [0.29, 0.717) is 22.9 Å². The molecular weight excluding hydrogens is 350 g/mol. The maximum atomic E-state index is 12.0. The molecule has 1 heterocycles. The summed E-state index contributed by atoms with van der Waals surface area (Å²) in [7, 11) is 0. The van der Waals surface area contributed by atoms with Gasteiger partial charge < -0.3 is 25.4 Å². The van der Waals surface area contributed by atoms with Gasteiger partial charge in [-0.25, -0.2) is 0 Å². The van der Waals surface area contributed by atoms with Crippen LogP contribution in [0.5, 0.6) is 11.5 Å². The summed E-state index contributed by atoms with van der Waals surface area (Å²) in [6.07, 6.45) is -0.564. The first kappa shape index (κ1) is 18.2. The van der Waals surface area contributed by atoms with Crippen LogP contribution in [0.2, 0.25) is 0 Å². The molecule has 1 aliphatic rings. The Kier molecular flexibility index (Phi) is 5.55. The lowest BCUT2D eigenvalue weighted by molar-refractivity contribution is -0.125. The highest BCUT2D eigenvalue weighted by Gasteiger charge is 2.23. The molecule has 3 amide bonds. The molecule has 0 saturated carbocycles. The van der Waals surface area contributed by atoms with Crippen molar-refractivity contribution in [2.24, 2.45) is 0 Å². The summed E-state index contributed by atoms with van der Waals surface area (Å²) in [6, 6.07) is 13.8. The number of fused-ring (bicyclic) bond motifs is 1. The Balaban J connectivity index is 1.46. The fraction of sp³-hybridized carbons (Fsp3) is 0.211. The Morgan fingerprint density at radius 2 is 1.93 bits per heavy atom. The first-order chi connectivity index (χ1) is 13.0. The molecule has 140 valence electrons. The van der Waals surface area contributed by atoms with E-state index in [1.54, 1.807) is 49.4 Å². The molecule has 0 spiro atoms. The van der Waals surface area contributed by atoms with Crippen molar-refractivity contribution in [3.8, 4) is 11.5 Å². The van der Waals surface area contributed by atoms with E-state index in [4.69, 9.17) is 9.47 Å². The number of hydrogen-bond acceptors (Lipinski definition) is 5. The Hall–Kier alpha value is -3.55. The van der Waals surface area contributed by atoms with Gasteiger partial charge in [-0.15, -0.1) is 0 Å². The van der Waals surface area contributed by atoms with Crippen LogP contribution in [0, 0.1) is 0 Å². The standard InChI is InChI=1S/C19H19N3O5/c1-12-19(25)22-15-9-13(7-8-16(15)27-12)21-17(23)10-20-18(24)11-26-14-5-3-2-4-6-14/h2-9,12H,10-11H2,1H3,(H,20,24)(H,21,23)(H,22,25)/t12-/m0/s1. The van der Waals surface area contributed by atoms with Crippen LogP contribution in [0.4, 0.5) is 11.4 Å². The zero-order valence-corrected chi connectivity index (χ0v) is 14.7. The lowest BCUT2D eigenvalue weighted by Gasteiger charge is -2.23. The molecule has 0 aromatic heterocycles. The van der Waals surface area contributed by atoms with E-state index in [2.05, 4.69) is 16.0 Å². The number of nitrogens with one attached hydrogen (secondary N) is 3. The number of benzene rings is 2. The molecule has 0 aliphatic carbocycles. The second kappa shape index (κ2) is 8.22. The van der Waals surface area contributed by atoms with E-state index in [-0.39, 0.29) is 19.1 Å². The van der Waals surface area contributed by atoms with Gasteiger partial charge in [0.25, 0.3) is 11.8 Å². The van der Waals surface area contributed by atoms with Gasteiger partial charge in [0.2, 0.25) is 5.91 Å². The van der Waals surface area contributed by atoms with Crippen LogP contribution in [-0.4, -0.2) is 37.0 Å². The highest BCUT2D eigenvalue weighted by atomic mass is 16.5. The monoisotopic (exact) mass is 369 g/mol. The van der Waals surface area contributed by atoms with E-state index in [1.165, 1.54) is 0 Å². The van der Waals surface area contributed by atoms with E-state index in [0.717, 1.165) is 0 Å². The van der Waals surface area contributed by atoms with Crippen LogP contribution >= 0.6 is 0 Å². The SMILES string of the molecule is C[C@@H]1Oc2ccc(NC(=O)CNC(=O)COc3ccccc3)cc2NC1=O. The van der Waals surface area contributed by atoms with Gasteiger partial charge in [-0.3, -0.25) is 14.4 Å². The van der Waals surface area contributed by atoms with Crippen LogP contribution in [0.3, 0.4) is 0 Å². The average molecular weight is 369 g/mol. The first-order valence-corrected chi connectivity index (χ1v) is 8.37. The molecule has 2 aromatic rings. The Morgan fingerprint density at radius 3 is 2.70 bits per heavy atom. The van der Waals surface area contributed by atoms with Crippen molar-refractivity contribution in [3.63, 3.8) is 0 Å². The van der Waals surface area contributed by atoms with Gasteiger partial charge >= 0.3 is 0 Å². The largest absolute Gasteiger partial charge is 0.484 e. The smallest absolute Gasteiger partial charge is 0.265 e. The maximum absolute atomic E-state index is 12.0. The van der Waals surface area contributed by atoms with Gasteiger partial charge in [0, 0.05) is 5.69 Å². The van der Waals surface area contributed by atoms with E-state index in [1.807, 2.05) is 6.07 Å². The molecule has 3 N–H and O–H groups in total. The summed E-state index contributed by atoms with van der Waals surface area (Å²) < 4.78 is 10.8. The molecule has 27 heavy (non-hydrogen) atoms. The third-order valence-corrected chi connectivity index (χ3v) is 3.75. The molecule has 1 atom stereocenters. The number of ether oxygens (including phenoxy) is 2. The molecule has 0 radical (unpaired) electrons. The van der Waals surface area contributed by atoms with E-state index in [9.17, 15) is 14.4 Å². The van der Waals surface area contributed by atoms with Gasteiger partial charge in [0.05, 0.1) is 12.2 Å². The Bertz CT molecular complexity index is 854.